The number of hydrogen-bond donors (Lipinski definition) is 1. The van der Waals surface area contributed by atoms with Crippen LogP contribution in [0, 0.1) is 6.92 Å². The summed E-state index contributed by atoms with van der Waals surface area (Å²) in [4.78, 5) is 29.5. The second-order valence-corrected chi connectivity index (χ2v) is 12.9. The molecule has 0 heterocycles. The van der Waals surface area contributed by atoms with E-state index >= 15 is 0 Å². The van der Waals surface area contributed by atoms with Crippen LogP contribution in [0.25, 0.3) is 0 Å². The van der Waals surface area contributed by atoms with Crippen LogP contribution < -0.4 is 14.4 Å². The first-order valence-electron chi connectivity index (χ1n) is 15.3. The zero-order chi connectivity index (χ0) is 33.2. The van der Waals surface area contributed by atoms with Gasteiger partial charge in [0, 0.05) is 20.0 Å². The van der Waals surface area contributed by atoms with E-state index in [1.807, 2.05) is 91.9 Å². The van der Waals surface area contributed by atoms with Gasteiger partial charge in [-0.25, -0.2) is 8.42 Å². The normalized spacial score (nSPS) is 11.7. The fourth-order valence-corrected chi connectivity index (χ4v) is 6.68. The Labute approximate surface area is 276 Å². The van der Waals surface area contributed by atoms with E-state index in [0.717, 1.165) is 21.0 Å². The molecular formula is C38H37N3O5S. The van der Waals surface area contributed by atoms with Crippen molar-refractivity contribution in [2.24, 2.45) is 0 Å². The summed E-state index contributed by atoms with van der Waals surface area (Å²) < 4.78 is 35.4. The van der Waals surface area contributed by atoms with Gasteiger partial charge in [-0.2, -0.15) is 0 Å². The number of benzene rings is 5. The summed E-state index contributed by atoms with van der Waals surface area (Å²) >= 11 is 0. The zero-order valence-corrected chi connectivity index (χ0v) is 27.1. The number of rotatable bonds is 13. The van der Waals surface area contributed by atoms with Crippen molar-refractivity contribution in [3.05, 3.63) is 156 Å². The Morgan fingerprint density at radius 1 is 0.723 bits per heavy atom. The Hall–Kier alpha value is -5.41. The van der Waals surface area contributed by atoms with Crippen molar-refractivity contribution in [2.45, 2.75) is 30.8 Å². The molecule has 0 fully saturated rings. The fourth-order valence-electron chi connectivity index (χ4n) is 5.25. The smallest absolute Gasteiger partial charge is 0.264 e. The van der Waals surface area contributed by atoms with Crippen LogP contribution >= 0.6 is 0 Å². The lowest BCUT2D eigenvalue weighted by atomic mass is 10.0. The third-order valence-corrected chi connectivity index (χ3v) is 9.62. The molecule has 5 aromatic carbocycles. The minimum Gasteiger partial charge on any atom is -0.457 e. The largest absolute Gasteiger partial charge is 0.457 e. The summed E-state index contributed by atoms with van der Waals surface area (Å²) in [7, 11) is -2.67. The molecule has 0 radical (unpaired) electrons. The molecule has 0 aliphatic carbocycles. The van der Waals surface area contributed by atoms with Gasteiger partial charge >= 0.3 is 0 Å². The van der Waals surface area contributed by atoms with E-state index in [1.165, 1.54) is 24.1 Å². The topological polar surface area (TPSA) is 96.0 Å². The van der Waals surface area contributed by atoms with Gasteiger partial charge in [0.2, 0.25) is 11.8 Å². The van der Waals surface area contributed by atoms with Crippen molar-refractivity contribution >= 4 is 27.5 Å². The third kappa shape index (κ3) is 8.25. The van der Waals surface area contributed by atoms with Crippen molar-refractivity contribution in [1.29, 1.82) is 0 Å². The molecule has 5 rings (SSSR count). The van der Waals surface area contributed by atoms with Gasteiger partial charge in [-0.1, -0.05) is 91.0 Å². The maximum Gasteiger partial charge on any atom is 0.264 e. The number of carbonyl (C=O) groups is 2. The van der Waals surface area contributed by atoms with E-state index in [-0.39, 0.29) is 29.5 Å². The molecule has 2 amide bonds. The predicted octanol–water partition coefficient (Wildman–Crippen LogP) is 6.37. The number of para-hydroxylation sites is 1. The van der Waals surface area contributed by atoms with Crippen LogP contribution in [0.4, 0.5) is 5.69 Å². The van der Waals surface area contributed by atoms with Crippen LogP contribution in [-0.4, -0.2) is 44.8 Å². The number of carbonyl (C=O) groups excluding carboxylic acids is 2. The molecule has 0 aliphatic rings. The van der Waals surface area contributed by atoms with Gasteiger partial charge in [-0.3, -0.25) is 13.9 Å². The van der Waals surface area contributed by atoms with Crippen LogP contribution in [0.5, 0.6) is 11.5 Å². The van der Waals surface area contributed by atoms with Crippen LogP contribution in [0.3, 0.4) is 0 Å². The van der Waals surface area contributed by atoms with Gasteiger partial charge in [-0.05, 0) is 72.1 Å². The van der Waals surface area contributed by atoms with E-state index in [2.05, 4.69) is 5.32 Å². The highest BCUT2D eigenvalue weighted by molar-refractivity contribution is 7.92. The quantitative estimate of drug-likeness (QED) is 0.160. The Bertz CT molecular complexity index is 1890. The summed E-state index contributed by atoms with van der Waals surface area (Å²) in [5.74, 6) is 0.263. The molecule has 240 valence electrons. The van der Waals surface area contributed by atoms with Crippen LogP contribution in [0.2, 0.25) is 0 Å². The molecule has 0 aliphatic heterocycles. The molecule has 0 bridgehead atoms. The molecule has 1 atom stereocenters. The molecule has 9 heteroatoms. The van der Waals surface area contributed by atoms with E-state index in [9.17, 15) is 18.0 Å². The molecule has 47 heavy (non-hydrogen) atoms. The zero-order valence-electron chi connectivity index (χ0n) is 26.3. The number of ether oxygens (including phenoxy) is 1. The Morgan fingerprint density at radius 3 is 1.89 bits per heavy atom. The Kier molecular flexibility index (Phi) is 10.7. The third-order valence-electron chi connectivity index (χ3n) is 7.83. The van der Waals surface area contributed by atoms with Gasteiger partial charge in [0.05, 0.1) is 10.6 Å². The van der Waals surface area contributed by atoms with Gasteiger partial charge in [0.1, 0.15) is 24.1 Å². The van der Waals surface area contributed by atoms with Crippen LogP contribution in [0.1, 0.15) is 16.7 Å². The number of anilines is 1. The minimum atomic E-state index is -4.20. The monoisotopic (exact) mass is 647 g/mol. The molecule has 0 saturated heterocycles. The average molecular weight is 648 g/mol. The standard InChI is InChI=1S/C38H37N3O5S/c1-29-14-12-13-17-31(29)27-40(36(38(43)39-2)26-30-15-6-3-7-16-30)37(42)28-41(47(44,45)35-20-10-5-11-21-35)32-22-24-34(25-23-32)46-33-18-8-4-9-19-33/h3-25,36H,26-28H2,1-2H3,(H,39,43). The van der Waals surface area contributed by atoms with Crippen LogP contribution in [-0.2, 0) is 32.6 Å². The first-order valence-corrected chi connectivity index (χ1v) is 16.7. The van der Waals surface area contributed by atoms with Crippen molar-refractivity contribution in [2.75, 3.05) is 17.9 Å². The summed E-state index contributed by atoms with van der Waals surface area (Å²) in [6.45, 7) is 1.51. The SMILES string of the molecule is CNC(=O)C(Cc1ccccc1)N(Cc1ccccc1C)C(=O)CN(c1ccc(Oc2ccccc2)cc1)S(=O)(=O)c1ccccc1. The minimum absolute atomic E-state index is 0.0370. The highest BCUT2D eigenvalue weighted by atomic mass is 32.2. The lowest BCUT2D eigenvalue weighted by Gasteiger charge is -2.34. The molecule has 8 nitrogen and oxygen atoms in total. The number of nitrogens with one attached hydrogen (secondary N) is 1. The summed E-state index contributed by atoms with van der Waals surface area (Å²) in [6, 6.07) is 39.9. The lowest BCUT2D eigenvalue weighted by molar-refractivity contribution is -0.139. The van der Waals surface area contributed by atoms with Crippen molar-refractivity contribution in [3.8, 4) is 11.5 Å². The number of amides is 2. The Balaban J connectivity index is 1.54. The number of aryl methyl sites for hydroxylation is 1. The molecule has 1 N–H and O–H groups in total. The maximum absolute atomic E-state index is 14.5. The first kappa shape index (κ1) is 33.0. The average Bonchev–Trinajstić information content (AvgIpc) is 3.10. The second-order valence-electron chi connectivity index (χ2n) is 11.0. The molecule has 5 aromatic rings. The molecular weight excluding hydrogens is 611 g/mol. The fraction of sp³-hybridized carbons (Fsp3) is 0.158. The maximum atomic E-state index is 14.5. The Morgan fingerprint density at radius 2 is 1.28 bits per heavy atom. The molecule has 0 aromatic heterocycles. The lowest BCUT2D eigenvalue weighted by Crippen LogP contribution is -2.53. The van der Waals surface area contributed by atoms with E-state index in [1.54, 1.807) is 42.5 Å². The number of nitrogens with zero attached hydrogens (tertiary/aromatic N) is 2. The highest BCUT2D eigenvalue weighted by Gasteiger charge is 2.34. The van der Waals surface area contributed by atoms with Crippen molar-refractivity contribution < 1.29 is 22.7 Å². The van der Waals surface area contributed by atoms with Gasteiger partial charge < -0.3 is 15.0 Å². The van der Waals surface area contributed by atoms with Gasteiger partial charge in [-0.15, -0.1) is 0 Å². The van der Waals surface area contributed by atoms with Gasteiger partial charge in [0.15, 0.2) is 0 Å². The summed E-state index contributed by atoms with van der Waals surface area (Å²) in [5.41, 5.74) is 2.94. The summed E-state index contributed by atoms with van der Waals surface area (Å²) in [6.07, 6.45) is 0.245. The molecule has 0 spiro atoms. The summed E-state index contributed by atoms with van der Waals surface area (Å²) in [5, 5.41) is 2.71. The van der Waals surface area contributed by atoms with E-state index in [4.69, 9.17) is 4.74 Å². The number of hydrogen-bond acceptors (Lipinski definition) is 5. The second kappa shape index (κ2) is 15.2. The highest BCUT2D eigenvalue weighted by Crippen LogP contribution is 2.29. The van der Waals surface area contributed by atoms with Crippen molar-refractivity contribution in [1.82, 2.24) is 10.2 Å². The predicted molar refractivity (Wildman–Crippen MR) is 184 cm³/mol. The molecule has 0 saturated carbocycles. The first-order chi connectivity index (χ1) is 22.8. The van der Waals surface area contributed by atoms with Crippen molar-refractivity contribution in [3.63, 3.8) is 0 Å². The van der Waals surface area contributed by atoms with E-state index < -0.39 is 28.5 Å². The number of sulfonamides is 1. The number of likely N-dealkylation sites (N-methyl/N-ethyl adjacent to an activating group) is 1. The van der Waals surface area contributed by atoms with Gasteiger partial charge in [0.25, 0.3) is 10.0 Å². The molecule has 1 unspecified atom stereocenters. The van der Waals surface area contributed by atoms with Crippen LogP contribution in [0.15, 0.2) is 144 Å². The van der Waals surface area contributed by atoms with E-state index in [0.29, 0.717) is 11.5 Å².